The van der Waals surface area contributed by atoms with Crippen LogP contribution in [0.5, 0.6) is 0 Å². The van der Waals surface area contributed by atoms with Crippen molar-refractivity contribution in [1.29, 1.82) is 0 Å². The quantitative estimate of drug-likeness (QED) is 0.632. The van der Waals surface area contributed by atoms with E-state index in [1.165, 1.54) is 37.4 Å². The second kappa shape index (κ2) is 6.69. The number of nitrogens with one attached hydrogen (secondary N) is 1. The van der Waals surface area contributed by atoms with Gasteiger partial charge >= 0.3 is 0 Å². The van der Waals surface area contributed by atoms with E-state index in [-0.39, 0.29) is 0 Å². The van der Waals surface area contributed by atoms with Crippen LogP contribution in [0.1, 0.15) is 60.8 Å². The van der Waals surface area contributed by atoms with Crippen LogP contribution in [-0.2, 0) is 0 Å². The molecular weight excluding hydrogens is 198 g/mol. The van der Waals surface area contributed by atoms with Gasteiger partial charge in [0.25, 0.3) is 0 Å². The van der Waals surface area contributed by atoms with Crippen molar-refractivity contribution >= 4 is 8.24 Å². The molecule has 15 heavy (non-hydrogen) atoms. The van der Waals surface area contributed by atoms with Crippen LogP contribution in [0, 0.1) is 0 Å². The van der Waals surface area contributed by atoms with E-state index >= 15 is 0 Å². The fourth-order valence-corrected chi connectivity index (χ4v) is 8.38. The number of rotatable bonds is 7. The summed E-state index contributed by atoms with van der Waals surface area (Å²) in [6.07, 6.45) is 4.03. The molecule has 1 N–H and O–H groups in total. The average Bonchev–Trinajstić information content (AvgIpc) is 2.01. The third-order valence-corrected chi connectivity index (χ3v) is 8.48. The van der Waals surface area contributed by atoms with Gasteiger partial charge < -0.3 is 4.98 Å². The second-order valence-corrected chi connectivity index (χ2v) is 10.2. The first-order valence-electron chi connectivity index (χ1n) is 6.68. The molecule has 0 radical (unpaired) electrons. The molecule has 0 atom stereocenters. The lowest BCUT2D eigenvalue weighted by Gasteiger charge is -2.39. The van der Waals surface area contributed by atoms with Crippen molar-refractivity contribution in [3.05, 3.63) is 0 Å². The zero-order valence-electron chi connectivity index (χ0n) is 11.7. The van der Waals surface area contributed by atoms with Crippen molar-refractivity contribution in [2.45, 2.75) is 84.5 Å². The molecule has 0 fully saturated rings. The molecule has 92 valence electrons. The molecule has 2 heteroatoms. The van der Waals surface area contributed by atoms with Crippen molar-refractivity contribution in [2.24, 2.45) is 0 Å². The van der Waals surface area contributed by atoms with Gasteiger partial charge in [-0.2, -0.15) is 0 Å². The summed E-state index contributed by atoms with van der Waals surface area (Å²) in [5.41, 5.74) is 0.297. The van der Waals surface area contributed by atoms with E-state index in [1.54, 1.807) is 0 Å². The summed E-state index contributed by atoms with van der Waals surface area (Å²) in [5, 5.41) is 0. The predicted molar refractivity (Wildman–Crippen MR) is 73.9 cm³/mol. The van der Waals surface area contributed by atoms with Crippen molar-refractivity contribution < 1.29 is 0 Å². The van der Waals surface area contributed by atoms with Gasteiger partial charge in [0.1, 0.15) is 8.24 Å². The van der Waals surface area contributed by atoms with E-state index in [2.05, 4.69) is 46.5 Å². The SMILES string of the molecule is CCC[Si](CCC)(CCC)NC(C)(C)C. The van der Waals surface area contributed by atoms with Gasteiger partial charge in [0.05, 0.1) is 0 Å². The van der Waals surface area contributed by atoms with Gasteiger partial charge in [-0.3, -0.25) is 0 Å². The minimum Gasteiger partial charge on any atom is -0.332 e. The molecule has 0 aliphatic carbocycles. The summed E-state index contributed by atoms with van der Waals surface area (Å²) in [6.45, 7) is 13.9. The fourth-order valence-electron chi connectivity index (χ4n) is 2.79. The topological polar surface area (TPSA) is 12.0 Å². The molecule has 0 rings (SSSR count). The zero-order valence-corrected chi connectivity index (χ0v) is 12.7. The van der Waals surface area contributed by atoms with E-state index in [0.29, 0.717) is 5.54 Å². The molecule has 0 heterocycles. The van der Waals surface area contributed by atoms with Gasteiger partial charge in [-0.1, -0.05) is 40.0 Å². The van der Waals surface area contributed by atoms with Crippen LogP contribution >= 0.6 is 0 Å². The van der Waals surface area contributed by atoms with Crippen LogP contribution in [0.25, 0.3) is 0 Å². The first kappa shape index (κ1) is 15.2. The lowest BCUT2D eigenvalue weighted by Crippen LogP contribution is -2.57. The molecule has 0 unspecified atom stereocenters. The van der Waals surface area contributed by atoms with Crippen LogP contribution in [0.2, 0.25) is 18.1 Å². The molecule has 0 amide bonds. The highest BCUT2D eigenvalue weighted by Crippen LogP contribution is 2.25. The molecule has 0 saturated carbocycles. The molecule has 0 aromatic rings. The molecule has 0 aromatic carbocycles. The maximum Gasteiger partial charge on any atom is 0.126 e. The van der Waals surface area contributed by atoms with Gasteiger partial charge in [-0.25, -0.2) is 0 Å². The summed E-state index contributed by atoms with van der Waals surface area (Å²) in [6, 6.07) is 4.35. The van der Waals surface area contributed by atoms with Gasteiger partial charge in [-0.05, 0) is 38.9 Å². The lowest BCUT2D eigenvalue weighted by atomic mass is 10.1. The Labute approximate surface area is 98.1 Å². The molecule has 1 nitrogen and oxygen atoms in total. The Morgan fingerprint density at radius 2 is 1.13 bits per heavy atom. The van der Waals surface area contributed by atoms with Gasteiger partial charge in [-0.15, -0.1) is 0 Å². The second-order valence-electron chi connectivity index (χ2n) is 5.91. The number of hydrogen-bond donors (Lipinski definition) is 1. The van der Waals surface area contributed by atoms with E-state index in [1.807, 2.05) is 0 Å². The third kappa shape index (κ3) is 6.36. The van der Waals surface area contributed by atoms with Gasteiger partial charge in [0.2, 0.25) is 0 Å². The standard InChI is InChI=1S/C13H31NSi/c1-7-10-15(11-8-2,12-9-3)14-13(4,5)6/h14H,7-12H2,1-6H3. The Morgan fingerprint density at radius 3 is 1.33 bits per heavy atom. The highest BCUT2D eigenvalue weighted by Gasteiger charge is 2.33. The molecule has 0 bridgehead atoms. The Hall–Kier alpha value is 0.177. The third-order valence-electron chi connectivity index (χ3n) is 2.83. The van der Waals surface area contributed by atoms with E-state index < -0.39 is 8.24 Å². The first-order valence-corrected chi connectivity index (χ1v) is 9.30. The summed E-state index contributed by atoms with van der Waals surface area (Å²) >= 11 is 0. The van der Waals surface area contributed by atoms with E-state index in [0.717, 1.165) is 0 Å². The van der Waals surface area contributed by atoms with Crippen LogP contribution in [0.15, 0.2) is 0 Å². The molecule has 0 aliphatic heterocycles. The summed E-state index contributed by atoms with van der Waals surface area (Å²) in [4.78, 5) is 4.01. The van der Waals surface area contributed by atoms with Crippen LogP contribution < -0.4 is 4.98 Å². The maximum atomic E-state index is 4.01. The van der Waals surface area contributed by atoms with E-state index in [4.69, 9.17) is 0 Å². The van der Waals surface area contributed by atoms with Crippen molar-refractivity contribution in [2.75, 3.05) is 0 Å². The Morgan fingerprint density at radius 1 is 0.800 bits per heavy atom. The Balaban J connectivity index is 4.60. The van der Waals surface area contributed by atoms with Crippen molar-refractivity contribution in [3.63, 3.8) is 0 Å². The van der Waals surface area contributed by atoms with Crippen LogP contribution in [0.4, 0.5) is 0 Å². The Kier molecular flexibility index (Phi) is 6.77. The van der Waals surface area contributed by atoms with Crippen molar-refractivity contribution in [1.82, 2.24) is 4.98 Å². The summed E-state index contributed by atoms with van der Waals surface area (Å²) in [5.74, 6) is 0. The zero-order chi connectivity index (χ0) is 11.9. The van der Waals surface area contributed by atoms with Gasteiger partial charge in [0.15, 0.2) is 0 Å². The minimum atomic E-state index is -1.18. The normalized spacial score (nSPS) is 13.2. The monoisotopic (exact) mass is 229 g/mol. The average molecular weight is 229 g/mol. The Bertz CT molecular complexity index is 143. The largest absolute Gasteiger partial charge is 0.332 e. The predicted octanol–water partition coefficient (Wildman–Crippen LogP) is 4.55. The molecule has 0 saturated heterocycles. The van der Waals surface area contributed by atoms with E-state index in [9.17, 15) is 0 Å². The highest BCUT2D eigenvalue weighted by atomic mass is 28.3. The maximum absolute atomic E-state index is 4.01. The first-order chi connectivity index (χ1) is 6.89. The molecule has 0 aromatic heterocycles. The molecular formula is C13H31NSi. The van der Waals surface area contributed by atoms with Crippen LogP contribution in [0.3, 0.4) is 0 Å². The summed E-state index contributed by atoms with van der Waals surface area (Å²) < 4.78 is 0. The highest BCUT2D eigenvalue weighted by molar-refractivity contribution is 6.77. The summed E-state index contributed by atoms with van der Waals surface area (Å²) in [7, 11) is -1.18. The minimum absolute atomic E-state index is 0.297. The fraction of sp³-hybridized carbons (Fsp3) is 1.00. The number of hydrogen-bond acceptors (Lipinski definition) is 1. The molecule has 0 spiro atoms. The van der Waals surface area contributed by atoms with Crippen LogP contribution in [-0.4, -0.2) is 13.8 Å². The molecule has 0 aliphatic rings. The smallest absolute Gasteiger partial charge is 0.126 e. The van der Waals surface area contributed by atoms with Crippen molar-refractivity contribution in [3.8, 4) is 0 Å². The lowest BCUT2D eigenvalue weighted by molar-refractivity contribution is 0.503. The van der Waals surface area contributed by atoms with Gasteiger partial charge in [0, 0.05) is 5.54 Å².